The molecule has 0 fully saturated rings. The molecule has 1 aromatic rings. The fourth-order valence-electron chi connectivity index (χ4n) is 1.70. The van der Waals surface area contributed by atoms with Crippen LogP contribution in [0.15, 0.2) is 18.2 Å². The second-order valence-electron chi connectivity index (χ2n) is 4.71. The maximum Gasteiger partial charge on any atom is 0.0595 e. The van der Waals surface area contributed by atoms with Gasteiger partial charge in [-0.1, -0.05) is 75.0 Å². The van der Waals surface area contributed by atoms with E-state index in [0.29, 0.717) is 16.0 Å². The highest BCUT2D eigenvalue weighted by molar-refractivity contribution is 9.09. The third-order valence-corrected chi connectivity index (χ3v) is 6.27. The molecule has 0 aliphatic carbocycles. The zero-order valence-electron chi connectivity index (χ0n) is 9.94. The number of rotatable bonds is 5. The minimum absolute atomic E-state index is 0.206. The molecule has 0 unspecified atom stereocenters. The Bertz CT molecular complexity index is 374. The summed E-state index contributed by atoms with van der Waals surface area (Å²) in [7, 11) is 0. The molecular weight excluding hydrogens is 387 g/mol. The summed E-state index contributed by atoms with van der Waals surface area (Å²) in [6, 6.07) is 5.88. The molecular formula is C13H16Br2Cl2. The highest BCUT2D eigenvalue weighted by atomic mass is 79.9. The molecule has 1 rings (SSSR count). The van der Waals surface area contributed by atoms with Crippen LogP contribution in [0.2, 0.25) is 10.0 Å². The van der Waals surface area contributed by atoms with Crippen LogP contribution in [0.5, 0.6) is 0 Å². The van der Waals surface area contributed by atoms with Crippen molar-refractivity contribution in [2.75, 3.05) is 10.7 Å². The van der Waals surface area contributed by atoms with Gasteiger partial charge in [0.05, 0.1) is 10.0 Å². The fourth-order valence-corrected chi connectivity index (χ4v) is 4.64. The largest absolute Gasteiger partial charge is 0.0921 e. The molecule has 0 heterocycles. The van der Waals surface area contributed by atoms with Crippen molar-refractivity contribution >= 4 is 55.1 Å². The first kappa shape index (κ1) is 15.8. The van der Waals surface area contributed by atoms with Crippen LogP contribution in [0, 0.1) is 11.3 Å². The molecule has 17 heavy (non-hydrogen) atoms. The normalized spacial score (nSPS) is 12.2. The number of hydrogen-bond donors (Lipinski definition) is 0. The Balaban J connectivity index is 2.97. The van der Waals surface area contributed by atoms with Crippen LogP contribution in [-0.4, -0.2) is 10.7 Å². The molecule has 0 saturated carbocycles. The van der Waals surface area contributed by atoms with E-state index in [0.717, 1.165) is 17.1 Å². The Morgan fingerprint density at radius 2 is 1.71 bits per heavy atom. The van der Waals surface area contributed by atoms with E-state index in [2.05, 4.69) is 51.8 Å². The smallest absolute Gasteiger partial charge is 0.0595 e. The lowest BCUT2D eigenvalue weighted by Gasteiger charge is -2.34. The van der Waals surface area contributed by atoms with Crippen molar-refractivity contribution in [2.24, 2.45) is 11.3 Å². The summed E-state index contributed by atoms with van der Waals surface area (Å²) in [6.07, 6.45) is 0.984. The maximum absolute atomic E-state index is 6.05. The lowest BCUT2D eigenvalue weighted by Crippen LogP contribution is -2.33. The molecule has 0 aliphatic rings. The number of hydrogen-bond acceptors (Lipinski definition) is 0. The van der Waals surface area contributed by atoms with E-state index in [1.807, 2.05) is 12.1 Å². The molecule has 0 N–H and O–H groups in total. The first-order valence-corrected chi connectivity index (χ1v) is 8.51. The van der Waals surface area contributed by atoms with Gasteiger partial charge < -0.3 is 0 Å². The van der Waals surface area contributed by atoms with Gasteiger partial charge in [0.1, 0.15) is 0 Å². The van der Waals surface area contributed by atoms with Gasteiger partial charge in [0, 0.05) is 10.7 Å². The van der Waals surface area contributed by atoms with E-state index in [-0.39, 0.29) is 5.41 Å². The number of alkyl halides is 2. The first-order valence-electron chi connectivity index (χ1n) is 5.51. The minimum Gasteiger partial charge on any atom is -0.0921 e. The van der Waals surface area contributed by atoms with Crippen molar-refractivity contribution in [2.45, 2.75) is 20.3 Å². The number of benzene rings is 1. The molecule has 0 aromatic heterocycles. The van der Waals surface area contributed by atoms with Gasteiger partial charge in [0.15, 0.2) is 0 Å². The first-order chi connectivity index (χ1) is 7.95. The second kappa shape index (κ2) is 6.79. The summed E-state index contributed by atoms with van der Waals surface area (Å²) < 4.78 is 0. The molecule has 0 radical (unpaired) electrons. The molecule has 0 bridgehead atoms. The van der Waals surface area contributed by atoms with Crippen LogP contribution in [-0.2, 0) is 6.42 Å². The Hall–Kier alpha value is 0.760. The quantitative estimate of drug-likeness (QED) is 0.532. The predicted molar refractivity (Wildman–Crippen MR) is 85.0 cm³/mol. The lowest BCUT2D eigenvalue weighted by atomic mass is 9.76. The van der Waals surface area contributed by atoms with E-state index in [1.165, 1.54) is 5.56 Å². The summed E-state index contributed by atoms with van der Waals surface area (Å²) in [6.45, 7) is 4.50. The van der Waals surface area contributed by atoms with E-state index < -0.39 is 0 Å². The van der Waals surface area contributed by atoms with Crippen molar-refractivity contribution in [1.82, 2.24) is 0 Å². The Morgan fingerprint density at radius 3 is 2.12 bits per heavy atom. The van der Waals surface area contributed by atoms with Crippen LogP contribution in [0.4, 0.5) is 0 Å². The zero-order valence-corrected chi connectivity index (χ0v) is 14.6. The topological polar surface area (TPSA) is 0 Å². The second-order valence-corrected chi connectivity index (χ2v) is 6.65. The van der Waals surface area contributed by atoms with Crippen molar-refractivity contribution in [3.8, 4) is 0 Å². The van der Waals surface area contributed by atoms with Gasteiger partial charge in [0.25, 0.3) is 0 Å². The average molecular weight is 403 g/mol. The fraction of sp³-hybridized carbons (Fsp3) is 0.538. The third-order valence-electron chi connectivity index (χ3n) is 3.30. The van der Waals surface area contributed by atoms with Crippen LogP contribution >= 0.6 is 55.1 Å². The molecule has 96 valence electrons. The molecule has 1 aromatic carbocycles. The summed E-state index contributed by atoms with van der Waals surface area (Å²) >= 11 is 19.3. The summed E-state index contributed by atoms with van der Waals surface area (Å²) in [5.41, 5.74) is 1.43. The van der Waals surface area contributed by atoms with E-state index in [1.54, 1.807) is 0 Å². The van der Waals surface area contributed by atoms with Gasteiger partial charge >= 0.3 is 0 Å². The predicted octanol–water partition coefficient (Wildman–Crippen LogP) is 5.97. The van der Waals surface area contributed by atoms with Crippen molar-refractivity contribution in [3.05, 3.63) is 33.8 Å². The van der Waals surface area contributed by atoms with E-state index in [4.69, 9.17) is 23.2 Å². The average Bonchev–Trinajstić information content (AvgIpc) is 2.30. The molecule has 0 saturated heterocycles. The van der Waals surface area contributed by atoms with E-state index in [9.17, 15) is 0 Å². The Kier molecular flexibility index (Phi) is 6.32. The highest BCUT2D eigenvalue weighted by Gasteiger charge is 2.31. The van der Waals surface area contributed by atoms with Gasteiger partial charge in [-0.25, -0.2) is 0 Å². The van der Waals surface area contributed by atoms with Crippen LogP contribution in [0.1, 0.15) is 19.4 Å². The maximum atomic E-state index is 6.05. The monoisotopic (exact) mass is 400 g/mol. The van der Waals surface area contributed by atoms with Gasteiger partial charge in [-0.2, -0.15) is 0 Å². The molecule has 0 nitrogen and oxygen atoms in total. The van der Waals surface area contributed by atoms with Crippen LogP contribution in [0.25, 0.3) is 0 Å². The molecule has 0 spiro atoms. The Labute approximate surface area is 130 Å². The van der Waals surface area contributed by atoms with Crippen LogP contribution < -0.4 is 0 Å². The standard InChI is InChI=1S/C13H16Br2Cl2/c1-9(2)13(7-14,8-15)6-10-3-4-11(16)12(17)5-10/h3-5,9H,6-8H2,1-2H3. The third kappa shape index (κ3) is 3.86. The SMILES string of the molecule is CC(C)C(CBr)(CBr)Cc1ccc(Cl)c(Cl)c1. The summed E-state index contributed by atoms with van der Waals surface area (Å²) in [5, 5.41) is 3.17. The number of halogens is 4. The zero-order chi connectivity index (χ0) is 13.1. The van der Waals surface area contributed by atoms with Gasteiger partial charge in [-0.3, -0.25) is 0 Å². The minimum atomic E-state index is 0.206. The molecule has 4 heteroatoms. The van der Waals surface area contributed by atoms with Crippen molar-refractivity contribution in [1.29, 1.82) is 0 Å². The molecule has 0 aliphatic heterocycles. The molecule has 0 amide bonds. The Morgan fingerprint density at radius 1 is 1.12 bits per heavy atom. The lowest BCUT2D eigenvalue weighted by molar-refractivity contribution is 0.268. The summed E-state index contributed by atoms with van der Waals surface area (Å²) in [4.78, 5) is 0. The van der Waals surface area contributed by atoms with Gasteiger partial charge in [0.2, 0.25) is 0 Å². The van der Waals surface area contributed by atoms with Gasteiger partial charge in [-0.05, 0) is 35.4 Å². The molecule has 0 atom stereocenters. The van der Waals surface area contributed by atoms with Crippen molar-refractivity contribution < 1.29 is 0 Å². The van der Waals surface area contributed by atoms with Crippen molar-refractivity contribution in [3.63, 3.8) is 0 Å². The highest BCUT2D eigenvalue weighted by Crippen LogP contribution is 2.37. The van der Waals surface area contributed by atoms with Crippen LogP contribution in [0.3, 0.4) is 0 Å². The van der Waals surface area contributed by atoms with Gasteiger partial charge in [-0.15, -0.1) is 0 Å². The summed E-state index contributed by atoms with van der Waals surface area (Å²) in [5.74, 6) is 0.579. The van der Waals surface area contributed by atoms with E-state index >= 15 is 0 Å².